The Labute approximate surface area is 159 Å². The number of rotatable bonds is 3. The Morgan fingerprint density at radius 1 is 1.17 bits per heavy atom. The number of nitrogens with zero attached hydrogens (tertiary/aromatic N) is 2. The number of halogens is 1. The van der Waals surface area contributed by atoms with Crippen molar-refractivity contribution in [2.45, 2.75) is 55.9 Å². The molecule has 1 aromatic carbocycles. The largest absolute Gasteiger partial charge is 0.337 e. The predicted octanol–water partition coefficient (Wildman–Crippen LogP) is 4.23. The molecule has 1 aliphatic heterocycles. The lowest BCUT2D eigenvalue weighted by molar-refractivity contribution is 0.0584. The molecule has 1 aromatic rings. The number of hydrogen-bond acceptors (Lipinski definition) is 3. The standard InChI is InChI=1S/C19H27BrN2OS/c1-21(19(23)14-7-9-15(20)10-8-14)17-6-4-5-16(24)13-18(17)22-11-2-3-12-22/h7-10,16-18,24H,2-6,11-13H2,1H3. The zero-order valence-electron chi connectivity index (χ0n) is 14.3. The number of likely N-dealkylation sites (tertiary alicyclic amines) is 1. The van der Waals surface area contributed by atoms with E-state index in [9.17, 15) is 4.79 Å². The van der Waals surface area contributed by atoms with Crippen LogP contribution in [0, 0.1) is 0 Å². The highest BCUT2D eigenvalue weighted by Crippen LogP contribution is 2.31. The maximum Gasteiger partial charge on any atom is 0.253 e. The van der Waals surface area contributed by atoms with E-state index >= 15 is 0 Å². The molecule has 24 heavy (non-hydrogen) atoms. The van der Waals surface area contributed by atoms with E-state index in [0.717, 1.165) is 35.7 Å². The van der Waals surface area contributed by atoms with Crippen LogP contribution in [0.15, 0.2) is 28.7 Å². The van der Waals surface area contributed by atoms with Crippen LogP contribution < -0.4 is 0 Å². The minimum Gasteiger partial charge on any atom is -0.337 e. The topological polar surface area (TPSA) is 23.6 Å². The molecule has 0 N–H and O–H groups in total. The molecule has 1 saturated heterocycles. The van der Waals surface area contributed by atoms with E-state index in [-0.39, 0.29) is 11.9 Å². The number of thiol groups is 1. The Morgan fingerprint density at radius 3 is 2.50 bits per heavy atom. The molecule has 0 radical (unpaired) electrons. The van der Waals surface area contributed by atoms with Crippen LogP contribution in [0.2, 0.25) is 0 Å². The SMILES string of the molecule is CN(C(=O)c1ccc(Br)cc1)C1CCCC(S)CC1N1CCCC1. The maximum atomic E-state index is 13.0. The van der Waals surface area contributed by atoms with Gasteiger partial charge >= 0.3 is 0 Å². The number of benzene rings is 1. The van der Waals surface area contributed by atoms with Crippen LogP contribution in [-0.4, -0.2) is 53.2 Å². The number of carbonyl (C=O) groups is 1. The quantitative estimate of drug-likeness (QED) is 0.595. The van der Waals surface area contributed by atoms with E-state index in [4.69, 9.17) is 12.6 Å². The highest BCUT2D eigenvalue weighted by molar-refractivity contribution is 9.10. The first-order chi connectivity index (χ1) is 11.6. The van der Waals surface area contributed by atoms with Crippen LogP contribution >= 0.6 is 28.6 Å². The van der Waals surface area contributed by atoms with Crippen LogP contribution in [0.4, 0.5) is 0 Å². The minimum atomic E-state index is 0.134. The van der Waals surface area contributed by atoms with Crippen LogP contribution in [0.1, 0.15) is 48.9 Å². The Balaban J connectivity index is 1.79. The van der Waals surface area contributed by atoms with Gasteiger partial charge in [0.25, 0.3) is 5.91 Å². The lowest BCUT2D eigenvalue weighted by Crippen LogP contribution is -2.51. The zero-order chi connectivity index (χ0) is 17.1. The van der Waals surface area contributed by atoms with Crippen LogP contribution in [0.5, 0.6) is 0 Å². The number of likely N-dealkylation sites (N-methyl/N-ethyl adjacent to an activating group) is 1. The monoisotopic (exact) mass is 410 g/mol. The summed E-state index contributed by atoms with van der Waals surface area (Å²) in [5.41, 5.74) is 0.771. The molecule has 2 fully saturated rings. The van der Waals surface area contributed by atoms with E-state index in [2.05, 4.69) is 20.8 Å². The van der Waals surface area contributed by atoms with Gasteiger partial charge < -0.3 is 4.90 Å². The molecule has 3 nitrogen and oxygen atoms in total. The molecule has 1 aliphatic carbocycles. The second-order valence-electron chi connectivity index (χ2n) is 7.12. The van der Waals surface area contributed by atoms with Gasteiger partial charge in [0.1, 0.15) is 0 Å². The molecule has 3 rings (SSSR count). The molecule has 0 spiro atoms. The van der Waals surface area contributed by atoms with E-state index in [1.807, 2.05) is 36.2 Å². The molecule has 0 bridgehead atoms. The third kappa shape index (κ3) is 4.17. The van der Waals surface area contributed by atoms with Gasteiger partial charge in [-0.15, -0.1) is 0 Å². The highest BCUT2D eigenvalue weighted by Gasteiger charge is 2.36. The fraction of sp³-hybridized carbons (Fsp3) is 0.632. The van der Waals surface area contributed by atoms with Gasteiger partial charge in [0, 0.05) is 34.4 Å². The third-order valence-electron chi connectivity index (χ3n) is 5.51. The first-order valence-corrected chi connectivity index (χ1v) is 10.3. The van der Waals surface area contributed by atoms with Gasteiger partial charge in [0.15, 0.2) is 0 Å². The van der Waals surface area contributed by atoms with E-state index < -0.39 is 0 Å². The Morgan fingerprint density at radius 2 is 1.83 bits per heavy atom. The van der Waals surface area contributed by atoms with Crippen molar-refractivity contribution in [3.05, 3.63) is 34.3 Å². The predicted molar refractivity (Wildman–Crippen MR) is 106 cm³/mol. The van der Waals surface area contributed by atoms with E-state index in [1.54, 1.807) is 0 Å². The van der Waals surface area contributed by atoms with Gasteiger partial charge in [-0.2, -0.15) is 12.6 Å². The second kappa shape index (κ2) is 8.24. The summed E-state index contributed by atoms with van der Waals surface area (Å²) in [4.78, 5) is 17.6. The van der Waals surface area contributed by atoms with Gasteiger partial charge in [-0.05, 0) is 69.5 Å². The summed E-state index contributed by atoms with van der Waals surface area (Å²) < 4.78 is 1.00. The average Bonchev–Trinajstić information content (AvgIpc) is 3.04. The molecule has 1 saturated carbocycles. The summed E-state index contributed by atoms with van der Waals surface area (Å²) in [7, 11) is 1.98. The molecule has 3 unspecified atom stereocenters. The van der Waals surface area contributed by atoms with Gasteiger partial charge in [-0.1, -0.05) is 22.4 Å². The zero-order valence-corrected chi connectivity index (χ0v) is 16.8. The van der Waals surface area contributed by atoms with Crippen molar-refractivity contribution in [3.63, 3.8) is 0 Å². The third-order valence-corrected chi connectivity index (χ3v) is 6.51. The molecule has 5 heteroatoms. The molecule has 0 aromatic heterocycles. The van der Waals surface area contributed by atoms with Crippen molar-refractivity contribution in [3.8, 4) is 0 Å². The van der Waals surface area contributed by atoms with Gasteiger partial charge in [-0.3, -0.25) is 9.69 Å². The number of carbonyl (C=O) groups excluding carboxylic acids is 1. The first-order valence-electron chi connectivity index (χ1n) is 9.01. The Hall–Kier alpha value is -0.520. The van der Waals surface area contributed by atoms with Crippen LogP contribution in [-0.2, 0) is 0 Å². The highest BCUT2D eigenvalue weighted by atomic mass is 79.9. The fourth-order valence-electron chi connectivity index (χ4n) is 4.17. The summed E-state index contributed by atoms with van der Waals surface area (Å²) >= 11 is 8.23. The summed E-state index contributed by atoms with van der Waals surface area (Å²) in [5, 5.41) is 0.455. The van der Waals surface area contributed by atoms with E-state index in [0.29, 0.717) is 11.3 Å². The average molecular weight is 411 g/mol. The minimum absolute atomic E-state index is 0.134. The summed E-state index contributed by atoms with van der Waals surface area (Å²) in [6.45, 7) is 2.34. The van der Waals surface area contributed by atoms with Crippen molar-refractivity contribution in [1.29, 1.82) is 0 Å². The molecular weight excluding hydrogens is 384 g/mol. The lowest BCUT2D eigenvalue weighted by atomic mass is 9.99. The number of hydrogen-bond donors (Lipinski definition) is 1. The normalized spacial score (nSPS) is 28.5. The van der Waals surface area contributed by atoms with Crippen molar-refractivity contribution in [1.82, 2.24) is 9.80 Å². The first kappa shape index (κ1) is 18.3. The van der Waals surface area contributed by atoms with Crippen molar-refractivity contribution >= 4 is 34.5 Å². The fourth-order valence-corrected chi connectivity index (χ4v) is 4.84. The van der Waals surface area contributed by atoms with Gasteiger partial charge in [0.2, 0.25) is 0 Å². The maximum absolute atomic E-state index is 13.0. The van der Waals surface area contributed by atoms with Crippen LogP contribution in [0.3, 0.4) is 0 Å². The summed E-state index contributed by atoms with van der Waals surface area (Å²) in [6.07, 6.45) is 7.05. The van der Waals surface area contributed by atoms with Gasteiger partial charge in [-0.25, -0.2) is 0 Å². The summed E-state index contributed by atoms with van der Waals surface area (Å²) in [6, 6.07) is 8.43. The Bertz CT molecular complexity index is 559. The van der Waals surface area contributed by atoms with Crippen LogP contribution in [0.25, 0.3) is 0 Å². The van der Waals surface area contributed by atoms with Crippen molar-refractivity contribution < 1.29 is 4.79 Å². The molecule has 132 valence electrons. The Kier molecular flexibility index (Phi) is 6.27. The van der Waals surface area contributed by atoms with Crippen molar-refractivity contribution in [2.24, 2.45) is 0 Å². The summed E-state index contributed by atoms with van der Waals surface area (Å²) in [5.74, 6) is 0.134. The molecular formula is C19H27BrN2OS. The second-order valence-corrected chi connectivity index (χ2v) is 8.77. The van der Waals surface area contributed by atoms with E-state index in [1.165, 1.54) is 25.9 Å². The molecule has 3 atom stereocenters. The smallest absolute Gasteiger partial charge is 0.253 e. The van der Waals surface area contributed by atoms with Crippen molar-refractivity contribution in [2.75, 3.05) is 20.1 Å². The number of amides is 1. The van der Waals surface area contributed by atoms with Gasteiger partial charge in [0.05, 0.1) is 0 Å². The molecule has 1 amide bonds. The molecule has 2 aliphatic rings. The lowest BCUT2D eigenvalue weighted by Gasteiger charge is -2.39. The molecule has 1 heterocycles.